The maximum Gasteiger partial charge on any atom is 0.264 e. The normalized spacial score (nSPS) is 11.3. The number of hydrogen-bond acceptors (Lipinski definition) is 6. The Morgan fingerprint density at radius 3 is 2.07 bits per heavy atom. The van der Waals surface area contributed by atoms with Crippen LogP contribution in [0.5, 0.6) is 5.75 Å². The van der Waals surface area contributed by atoms with Crippen molar-refractivity contribution in [3.05, 3.63) is 120 Å². The predicted octanol–water partition coefficient (Wildman–Crippen LogP) is 5.17. The Morgan fingerprint density at radius 2 is 1.45 bits per heavy atom. The first-order valence-corrected chi connectivity index (χ1v) is 14.7. The fourth-order valence-corrected chi connectivity index (χ4v) is 5.36. The molecule has 216 valence electrons. The number of anilines is 2. The van der Waals surface area contributed by atoms with E-state index in [0.717, 1.165) is 9.87 Å². The van der Waals surface area contributed by atoms with Crippen molar-refractivity contribution in [2.45, 2.75) is 24.7 Å². The van der Waals surface area contributed by atoms with Gasteiger partial charge in [0.25, 0.3) is 21.8 Å². The molecule has 0 atom stereocenters. The molecule has 0 fully saturated rings. The van der Waals surface area contributed by atoms with Crippen LogP contribution >= 0.6 is 0 Å². The number of rotatable bonds is 12. The summed E-state index contributed by atoms with van der Waals surface area (Å²) in [6.45, 7) is 3.48. The average molecular weight is 585 g/mol. The van der Waals surface area contributed by atoms with E-state index in [2.05, 4.69) is 15.8 Å². The van der Waals surface area contributed by atoms with E-state index in [0.29, 0.717) is 22.7 Å². The molecule has 0 unspecified atom stereocenters. The van der Waals surface area contributed by atoms with Crippen LogP contribution in [-0.4, -0.2) is 39.6 Å². The fourth-order valence-electron chi connectivity index (χ4n) is 3.92. The third kappa shape index (κ3) is 8.28. The van der Waals surface area contributed by atoms with Gasteiger partial charge >= 0.3 is 0 Å². The second-order valence-electron chi connectivity index (χ2n) is 9.64. The molecule has 0 saturated heterocycles. The number of benzene rings is 4. The monoisotopic (exact) mass is 584 g/mol. The fraction of sp³-hybridized carbons (Fsp3) is 0.156. The van der Waals surface area contributed by atoms with Gasteiger partial charge in [0.05, 0.1) is 16.8 Å². The summed E-state index contributed by atoms with van der Waals surface area (Å²) in [6.07, 6.45) is 1.43. The second kappa shape index (κ2) is 14.1. The number of nitrogens with zero attached hydrogens (tertiary/aromatic N) is 2. The minimum atomic E-state index is -4.02. The summed E-state index contributed by atoms with van der Waals surface area (Å²) in [7, 11) is -4.02. The van der Waals surface area contributed by atoms with E-state index in [1.165, 1.54) is 18.3 Å². The van der Waals surface area contributed by atoms with Crippen molar-refractivity contribution in [2.24, 2.45) is 5.10 Å². The van der Waals surface area contributed by atoms with E-state index < -0.39 is 22.5 Å². The molecule has 42 heavy (non-hydrogen) atoms. The molecule has 9 nitrogen and oxygen atoms in total. The quantitative estimate of drug-likeness (QED) is 0.176. The Labute approximate surface area is 245 Å². The Bertz CT molecular complexity index is 1610. The number of nitrogens with one attached hydrogen (secondary N) is 2. The van der Waals surface area contributed by atoms with Crippen molar-refractivity contribution < 1.29 is 22.7 Å². The molecule has 0 aliphatic heterocycles. The van der Waals surface area contributed by atoms with Gasteiger partial charge in [-0.05, 0) is 77.7 Å². The third-order valence-corrected chi connectivity index (χ3v) is 7.96. The summed E-state index contributed by atoms with van der Waals surface area (Å²) in [5.74, 6) is -0.128. The molecular weight excluding hydrogens is 552 g/mol. The number of ether oxygens (including phenoxy) is 1. The lowest BCUT2D eigenvalue weighted by atomic mass is 10.0. The van der Waals surface area contributed by atoms with Crippen molar-refractivity contribution in [3.8, 4) is 5.75 Å². The SMILES string of the molecule is CC(C)c1ccc(N(CC(=O)N/N=C\c2ccc(OCC(=O)Nc3ccccc3)cc2)S(=O)(=O)c2ccccc2)cc1. The Kier molecular flexibility index (Phi) is 10.1. The Morgan fingerprint density at radius 1 is 0.833 bits per heavy atom. The highest BCUT2D eigenvalue weighted by molar-refractivity contribution is 7.92. The van der Waals surface area contributed by atoms with Gasteiger partial charge in [-0.25, -0.2) is 13.8 Å². The van der Waals surface area contributed by atoms with E-state index >= 15 is 0 Å². The number of carbonyl (C=O) groups is 2. The lowest BCUT2D eigenvalue weighted by Crippen LogP contribution is -2.39. The topological polar surface area (TPSA) is 117 Å². The first kappa shape index (κ1) is 30.0. The van der Waals surface area contributed by atoms with Gasteiger partial charge in [0, 0.05) is 5.69 Å². The molecule has 10 heteroatoms. The first-order chi connectivity index (χ1) is 20.2. The number of amides is 2. The molecule has 2 N–H and O–H groups in total. The standard InChI is InChI=1S/C32H32N4O5S/c1-24(2)26-15-17-28(18-16-26)36(42(39,40)30-11-7-4-8-12-30)22-31(37)35-33-21-25-13-19-29(20-14-25)41-23-32(38)34-27-9-5-3-6-10-27/h3-21,24H,22-23H2,1-2H3,(H,34,38)(H,35,37)/b33-21-. The van der Waals surface area contributed by atoms with Gasteiger partial charge in [0.1, 0.15) is 12.3 Å². The van der Waals surface area contributed by atoms with E-state index in [-0.39, 0.29) is 23.3 Å². The second-order valence-corrected chi connectivity index (χ2v) is 11.5. The van der Waals surface area contributed by atoms with E-state index in [9.17, 15) is 18.0 Å². The number of hydrogen-bond donors (Lipinski definition) is 2. The van der Waals surface area contributed by atoms with Gasteiger partial charge in [-0.3, -0.25) is 13.9 Å². The zero-order valence-corrected chi connectivity index (χ0v) is 24.1. The molecule has 4 aromatic carbocycles. The highest BCUT2D eigenvalue weighted by atomic mass is 32.2. The molecule has 0 spiro atoms. The van der Waals surface area contributed by atoms with Gasteiger partial charge in [0.15, 0.2) is 6.61 Å². The van der Waals surface area contributed by atoms with Crippen LogP contribution < -0.4 is 19.8 Å². The zero-order chi connectivity index (χ0) is 30.0. The summed E-state index contributed by atoms with van der Waals surface area (Å²) in [6, 6.07) is 30.9. The van der Waals surface area contributed by atoms with Crippen molar-refractivity contribution in [3.63, 3.8) is 0 Å². The maximum absolute atomic E-state index is 13.5. The van der Waals surface area contributed by atoms with Crippen LogP contribution in [0.15, 0.2) is 119 Å². The number of hydrazone groups is 1. The van der Waals surface area contributed by atoms with Crippen LogP contribution in [0.2, 0.25) is 0 Å². The van der Waals surface area contributed by atoms with Gasteiger partial charge in [0.2, 0.25) is 0 Å². The highest BCUT2D eigenvalue weighted by Gasteiger charge is 2.27. The molecule has 4 aromatic rings. The molecular formula is C32H32N4O5S. The molecule has 0 aliphatic carbocycles. The Hall–Kier alpha value is -4.96. The van der Waals surface area contributed by atoms with Crippen LogP contribution in [-0.2, 0) is 19.6 Å². The lowest BCUT2D eigenvalue weighted by molar-refractivity contribution is -0.119. The smallest absolute Gasteiger partial charge is 0.264 e. The van der Waals surface area contributed by atoms with Gasteiger partial charge in [-0.1, -0.05) is 62.4 Å². The first-order valence-electron chi connectivity index (χ1n) is 13.3. The van der Waals surface area contributed by atoms with E-state index in [4.69, 9.17) is 4.74 Å². The molecule has 0 aliphatic rings. The summed E-state index contributed by atoms with van der Waals surface area (Å²) < 4.78 is 33.5. The van der Waals surface area contributed by atoms with Crippen molar-refractivity contribution in [2.75, 3.05) is 22.8 Å². The number of para-hydroxylation sites is 1. The molecule has 0 bridgehead atoms. The molecule has 0 heterocycles. The molecule has 2 amide bonds. The molecule has 4 rings (SSSR count). The molecule has 0 radical (unpaired) electrons. The van der Waals surface area contributed by atoms with Crippen molar-refractivity contribution in [1.29, 1.82) is 0 Å². The van der Waals surface area contributed by atoms with Crippen molar-refractivity contribution in [1.82, 2.24) is 5.43 Å². The van der Waals surface area contributed by atoms with Gasteiger partial charge < -0.3 is 10.1 Å². The molecule has 0 saturated carbocycles. The maximum atomic E-state index is 13.5. The summed E-state index contributed by atoms with van der Waals surface area (Å²) in [5.41, 5.74) is 5.17. The van der Waals surface area contributed by atoms with Crippen LogP contribution in [0.1, 0.15) is 30.9 Å². The molecule has 0 aromatic heterocycles. The van der Waals surface area contributed by atoms with Crippen LogP contribution in [0, 0.1) is 0 Å². The minimum Gasteiger partial charge on any atom is -0.484 e. The third-order valence-electron chi connectivity index (χ3n) is 6.18. The minimum absolute atomic E-state index is 0.0779. The number of sulfonamides is 1. The zero-order valence-electron chi connectivity index (χ0n) is 23.3. The average Bonchev–Trinajstić information content (AvgIpc) is 3.00. The lowest BCUT2D eigenvalue weighted by Gasteiger charge is -2.24. The van der Waals surface area contributed by atoms with Crippen LogP contribution in [0.25, 0.3) is 0 Å². The van der Waals surface area contributed by atoms with E-state index in [1.54, 1.807) is 66.7 Å². The highest BCUT2D eigenvalue weighted by Crippen LogP contribution is 2.25. The summed E-state index contributed by atoms with van der Waals surface area (Å²) >= 11 is 0. The van der Waals surface area contributed by atoms with Gasteiger partial charge in [-0.2, -0.15) is 5.10 Å². The van der Waals surface area contributed by atoms with E-state index in [1.807, 2.05) is 44.2 Å². The van der Waals surface area contributed by atoms with Crippen molar-refractivity contribution >= 4 is 39.4 Å². The van der Waals surface area contributed by atoms with Gasteiger partial charge in [-0.15, -0.1) is 0 Å². The predicted molar refractivity (Wildman–Crippen MR) is 164 cm³/mol. The van der Waals surface area contributed by atoms with Crippen LogP contribution in [0.3, 0.4) is 0 Å². The Balaban J connectivity index is 1.36. The largest absolute Gasteiger partial charge is 0.484 e. The number of carbonyl (C=O) groups excluding carboxylic acids is 2. The summed E-state index contributed by atoms with van der Waals surface area (Å²) in [5, 5.41) is 6.72. The summed E-state index contributed by atoms with van der Waals surface area (Å²) in [4.78, 5) is 25.0. The van der Waals surface area contributed by atoms with Crippen LogP contribution in [0.4, 0.5) is 11.4 Å².